The zero-order valence-corrected chi connectivity index (χ0v) is 10.7. The molecule has 1 N–H and O–H groups in total. The molecule has 3 nitrogen and oxygen atoms in total. The monoisotopic (exact) mass is 259 g/mol. The minimum atomic E-state index is -0.301. The van der Waals surface area contributed by atoms with Crippen molar-refractivity contribution in [3.8, 4) is 11.5 Å². The summed E-state index contributed by atoms with van der Waals surface area (Å²) in [4.78, 5) is 11.0. The Bertz CT molecular complexity index is 594. The van der Waals surface area contributed by atoms with Gasteiger partial charge in [-0.25, -0.2) is 4.39 Å². The van der Waals surface area contributed by atoms with Crippen molar-refractivity contribution >= 4 is 11.6 Å². The molecule has 0 aliphatic heterocycles. The number of anilines is 1. The Labute approximate surface area is 111 Å². The van der Waals surface area contributed by atoms with Crippen molar-refractivity contribution in [3.63, 3.8) is 0 Å². The zero-order valence-electron chi connectivity index (χ0n) is 10.7. The van der Waals surface area contributed by atoms with Crippen LogP contribution >= 0.6 is 0 Å². The van der Waals surface area contributed by atoms with Crippen LogP contribution in [-0.4, -0.2) is 5.91 Å². The number of nitrogens with one attached hydrogen (secondary N) is 1. The van der Waals surface area contributed by atoms with Gasteiger partial charge in [0, 0.05) is 12.6 Å². The van der Waals surface area contributed by atoms with Crippen LogP contribution in [0.3, 0.4) is 0 Å². The first-order valence-electron chi connectivity index (χ1n) is 5.86. The third kappa shape index (κ3) is 3.55. The van der Waals surface area contributed by atoms with Gasteiger partial charge in [0.1, 0.15) is 17.3 Å². The number of carbonyl (C=O) groups excluding carboxylic acids is 1. The fraction of sp³-hybridized carbons (Fsp3) is 0.133. The molecule has 0 unspecified atom stereocenters. The molecule has 0 radical (unpaired) electrons. The van der Waals surface area contributed by atoms with Gasteiger partial charge in [-0.15, -0.1) is 0 Å². The maximum Gasteiger partial charge on any atom is 0.221 e. The Balaban J connectivity index is 2.17. The van der Waals surface area contributed by atoms with E-state index in [-0.39, 0.29) is 11.7 Å². The number of rotatable bonds is 3. The van der Waals surface area contributed by atoms with Gasteiger partial charge in [0.2, 0.25) is 5.91 Å². The maximum atomic E-state index is 12.8. The number of hydrogen-bond donors (Lipinski definition) is 1. The lowest BCUT2D eigenvalue weighted by atomic mass is 10.2. The summed E-state index contributed by atoms with van der Waals surface area (Å²) in [6, 6.07) is 11.2. The van der Waals surface area contributed by atoms with Crippen molar-refractivity contribution in [2.45, 2.75) is 13.8 Å². The van der Waals surface area contributed by atoms with Crippen LogP contribution in [0.25, 0.3) is 0 Å². The minimum Gasteiger partial charge on any atom is -0.457 e. The Morgan fingerprint density at radius 3 is 2.42 bits per heavy atom. The lowest BCUT2D eigenvalue weighted by Crippen LogP contribution is -2.05. The van der Waals surface area contributed by atoms with Crippen LogP contribution in [0.5, 0.6) is 11.5 Å². The van der Waals surface area contributed by atoms with Crippen molar-refractivity contribution in [2.75, 3.05) is 5.32 Å². The summed E-state index contributed by atoms with van der Waals surface area (Å²) >= 11 is 0. The van der Waals surface area contributed by atoms with Gasteiger partial charge in [0.25, 0.3) is 0 Å². The quantitative estimate of drug-likeness (QED) is 0.908. The SMILES string of the molecule is CC(=O)Nc1ccc(Oc2ccc(F)cc2)c(C)c1. The predicted molar refractivity (Wildman–Crippen MR) is 72.0 cm³/mol. The highest BCUT2D eigenvalue weighted by Crippen LogP contribution is 2.27. The molecular formula is C15H14FNO2. The van der Waals surface area contributed by atoms with Crippen LogP contribution in [0.1, 0.15) is 12.5 Å². The van der Waals surface area contributed by atoms with Gasteiger partial charge in [0.05, 0.1) is 0 Å². The number of benzene rings is 2. The smallest absolute Gasteiger partial charge is 0.221 e. The Hall–Kier alpha value is -2.36. The van der Waals surface area contributed by atoms with E-state index in [0.717, 1.165) is 11.3 Å². The second kappa shape index (κ2) is 5.52. The molecule has 0 atom stereocenters. The number of aryl methyl sites for hydroxylation is 1. The van der Waals surface area contributed by atoms with Crippen LogP contribution in [-0.2, 0) is 4.79 Å². The molecule has 0 fully saturated rings. The molecule has 0 aromatic heterocycles. The number of ether oxygens (including phenoxy) is 1. The zero-order chi connectivity index (χ0) is 13.8. The Morgan fingerprint density at radius 1 is 1.16 bits per heavy atom. The fourth-order valence-corrected chi connectivity index (χ4v) is 1.67. The summed E-state index contributed by atoms with van der Waals surface area (Å²) < 4.78 is 18.4. The van der Waals surface area contributed by atoms with E-state index >= 15 is 0 Å². The van der Waals surface area contributed by atoms with E-state index in [2.05, 4.69) is 5.32 Å². The molecule has 19 heavy (non-hydrogen) atoms. The fourth-order valence-electron chi connectivity index (χ4n) is 1.67. The average Bonchev–Trinajstić information content (AvgIpc) is 2.34. The minimum absolute atomic E-state index is 0.119. The van der Waals surface area contributed by atoms with E-state index in [1.165, 1.54) is 19.1 Å². The van der Waals surface area contributed by atoms with E-state index in [9.17, 15) is 9.18 Å². The number of halogens is 1. The standard InChI is InChI=1S/C15H14FNO2/c1-10-9-13(17-11(2)18)5-8-15(10)19-14-6-3-12(16)4-7-14/h3-9H,1-2H3,(H,17,18). The van der Waals surface area contributed by atoms with Crippen molar-refractivity contribution < 1.29 is 13.9 Å². The lowest BCUT2D eigenvalue weighted by Gasteiger charge is -2.10. The van der Waals surface area contributed by atoms with Gasteiger partial charge < -0.3 is 10.1 Å². The topological polar surface area (TPSA) is 38.3 Å². The van der Waals surface area contributed by atoms with Crippen molar-refractivity contribution in [3.05, 3.63) is 53.8 Å². The van der Waals surface area contributed by atoms with E-state index in [1.807, 2.05) is 13.0 Å². The van der Waals surface area contributed by atoms with E-state index in [4.69, 9.17) is 4.74 Å². The summed E-state index contributed by atoms with van der Waals surface area (Å²) in [7, 11) is 0. The Morgan fingerprint density at radius 2 is 1.84 bits per heavy atom. The molecule has 2 rings (SSSR count). The predicted octanol–water partition coefficient (Wildman–Crippen LogP) is 3.88. The second-order valence-corrected chi connectivity index (χ2v) is 4.22. The molecule has 0 spiro atoms. The van der Waals surface area contributed by atoms with Gasteiger partial charge in [-0.3, -0.25) is 4.79 Å². The van der Waals surface area contributed by atoms with Gasteiger partial charge in [-0.2, -0.15) is 0 Å². The third-order valence-electron chi connectivity index (χ3n) is 2.54. The largest absolute Gasteiger partial charge is 0.457 e. The molecular weight excluding hydrogens is 245 g/mol. The van der Waals surface area contributed by atoms with Crippen molar-refractivity contribution in [1.29, 1.82) is 0 Å². The first-order chi connectivity index (χ1) is 9.04. The van der Waals surface area contributed by atoms with Crippen LogP contribution in [0, 0.1) is 12.7 Å². The lowest BCUT2D eigenvalue weighted by molar-refractivity contribution is -0.114. The summed E-state index contributed by atoms with van der Waals surface area (Å²) in [6.07, 6.45) is 0. The van der Waals surface area contributed by atoms with Crippen molar-refractivity contribution in [2.24, 2.45) is 0 Å². The molecule has 2 aromatic carbocycles. The highest BCUT2D eigenvalue weighted by atomic mass is 19.1. The van der Waals surface area contributed by atoms with Gasteiger partial charge in [-0.1, -0.05) is 0 Å². The average molecular weight is 259 g/mol. The number of hydrogen-bond acceptors (Lipinski definition) is 2. The van der Waals surface area contributed by atoms with E-state index in [0.29, 0.717) is 11.5 Å². The van der Waals surface area contributed by atoms with Crippen molar-refractivity contribution in [1.82, 2.24) is 0 Å². The summed E-state index contributed by atoms with van der Waals surface area (Å²) in [6.45, 7) is 3.34. The molecule has 0 aliphatic carbocycles. The van der Waals surface area contributed by atoms with Gasteiger partial charge in [0.15, 0.2) is 0 Å². The van der Waals surface area contributed by atoms with Crippen LogP contribution in [0.4, 0.5) is 10.1 Å². The molecule has 4 heteroatoms. The van der Waals surface area contributed by atoms with Crippen LogP contribution < -0.4 is 10.1 Å². The highest BCUT2D eigenvalue weighted by molar-refractivity contribution is 5.88. The van der Waals surface area contributed by atoms with E-state index < -0.39 is 0 Å². The normalized spacial score (nSPS) is 10.1. The summed E-state index contributed by atoms with van der Waals surface area (Å²) in [5.74, 6) is 0.814. The maximum absolute atomic E-state index is 12.8. The second-order valence-electron chi connectivity index (χ2n) is 4.22. The molecule has 2 aromatic rings. The van der Waals surface area contributed by atoms with Gasteiger partial charge >= 0.3 is 0 Å². The molecule has 0 bridgehead atoms. The molecule has 0 aliphatic rings. The van der Waals surface area contributed by atoms with Gasteiger partial charge in [-0.05, 0) is 55.0 Å². The molecule has 0 heterocycles. The first kappa shape index (κ1) is 13.1. The molecule has 0 saturated carbocycles. The third-order valence-corrected chi connectivity index (χ3v) is 2.54. The number of carbonyl (C=O) groups is 1. The Kier molecular flexibility index (Phi) is 3.80. The molecule has 98 valence electrons. The molecule has 0 saturated heterocycles. The highest BCUT2D eigenvalue weighted by Gasteiger charge is 2.04. The number of amides is 1. The van der Waals surface area contributed by atoms with Crippen LogP contribution in [0.15, 0.2) is 42.5 Å². The summed E-state index contributed by atoms with van der Waals surface area (Å²) in [5, 5.41) is 2.70. The van der Waals surface area contributed by atoms with E-state index in [1.54, 1.807) is 24.3 Å². The molecule has 1 amide bonds. The van der Waals surface area contributed by atoms with Crippen LogP contribution in [0.2, 0.25) is 0 Å². The first-order valence-corrected chi connectivity index (χ1v) is 5.86. The summed E-state index contributed by atoms with van der Waals surface area (Å²) in [5.41, 5.74) is 1.60.